The van der Waals surface area contributed by atoms with E-state index in [-0.39, 0.29) is 41.7 Å². The number of aliphatic hydroxyl groups is 1. The first kappa shape index (κ1) is 31.2. The third-order valence-corrected chi connectivity index (χ3v) is 8.29. The maximum atomic E-state index is 13.4. The van der Waals surface area contributed by atoms with E-state index >= 15 is 0 Å². The molecule has 0 radical (unpaired) electrons. The molecule has 1 saturated heterocycles. The molecule has 232 valence electrons. The van der Waals surface area contributed by atoms with Crippen molar-refractivity contribution in [3.63, 3.8) is 0 Å². The molecule has 0 amide bonds. The van der Waals surface area contributed by atoms with Crippen LogP contribution in [0.3, 0.4) is 0 Å². The van der Waals surface area contributed by atoms with E-state index in [1.807, 2.05) is 32.0 Å². The highest BCUT2D eigenvalue weighted by Crippen LogP contribution is 2.28. The molecule has 2 unspecified atom stereocenters. The van der Waals surface area contributed by atoms with Gasteiger partial charge in [-0.05, 0) is 89.4 Å². The Balaban J connectivity index is 1.33. The summed E-state index contributed by atoms with van der Waals surface area (Å²) in [5.74, 6) is 1.17. The summed E-state index contributed by atoms with van der Waals surface area (Å²) < 4.78 is 5.80. The molecule has 44 heavy (non-hydrogen) atoms. The van der Waals surface area contributed by atoms with E-state index in [0.29, 0.717) is 45.9 Å². The molecule has 0 aliphatic carbocycles. The lowest BCUT2D eigenvalue weighted by Crippen LogP contribution is -2.32. The van der Waals surface area contributed by atoms with Crippen molar-refractivity contribution < 1.29 is 19.4 Å². The van der Waals surface area contributed by atoms with Gasteiger partial charge in [-0.25, -0.2) is 4.98 Å². The quantitative estimate of drug-likeness (QED) is 0.169. The molecular formula is C34H41N5O5. The van der Waals surface area contributed by atoms with Crippen molar-refractivity contribution in [1.29, 1.82) is 0 Å². The second-order valence-electron chi connectivity index (χ2n) is 12.0. The van der Waals surface area contributed by atoms with E-state index in [1.54, 1.807) is 18.2 Å². The zero-order valence-electron chi connectivity index (χ0n) is 25.8. The Kier molecular flexibility index (Phi) is 9.61. The van der Waals surface area contributed by atoms with Crippen LogP contribution in [0.15, 0.2) is 47.4 Å². The average Bonchev–Trinajstić information content (AvgIpc) is 3.40. The zero-order valence-corrected chi connectivity index (χ0v) is 25.8. The first-order valence-electron chi connectivity index (χ1n) is 15.2. The van der Waals surface area contributed by atoms with Crippen LogP contribution < -0.4 is 15.6 Å². The number of fused-ring (bicyclic) bond motifs is 1. The van der Waals surface area contributed by atoms with Crippen molar-refractivity contribution in [3.8, 4) is 17.1 Å². The molecular weight excluding hydrogens is 558 g/mol. The molecule has 1 fully saturated rings. The van der Waals surface area contributed by atoms with Gasteiger partial charge >= 0.3 is 0 Å². The monoisotopic (exact) mass is 599 g/mol. The van der Waals surface area contributed by atoms with Gasteiger partial charge < -0.3 is 30.0 Å². The normalized spacial score (nSPS) is 16.2. The van der Waals surface area contributed by atoms with Crippen LogP contribution in [0.2, 0.25) is 0 Å². The van der Waals surface area contributed by atoms with E-state index in [4.69, 9.17) is 4.74 Å². The molecule has 0 spiro atoms. The highest BCUT2D eigenvalue weighted by Gasteiger charge is 2.23. The Morgan fingerprint density at radius 3 is 2.75 bits per heavy atom. The van der Waals surface area contributed by atoms with Crippen LogP contribution in [0.4, 0.5) is 5.69 Å². The molecule has 5 rings (SSSR count). The fourth-order valence-electron chi connectivity index (χ4n) is 5.97. The molecule has 3 heterocycles. The summed E-state index contributed by atoms with van der Waals surface area (Å²) in [5, 5.41) is 13.7. The molecule has 1 aliphatic rings. The third kappa shape index (κ3) is 7.26. The van der Waals surface area contributed by atoms with Crippen molar-refractivity contribution in [2.45, 2.75) is 52.6 Å². The largest absolute Gasteiger partial charge is 0.491 e. The number of aromatic nitrogens is 3. The number of H-pyrrole nitrogens is 2. The molecule has 2 atom stereocenters. The predicted molar refractivity (Wildman–Crippen MR) is 172 cm³/mol. The number of likely N-dealkylation sites (tertiary alicyclic amines) is 1. The van der Waals surface area contributed by atoms with Crippen molar-refractivity contribution in [2.24, 2.45) is 5.92 Å². The number of aromatic amines is 2. The molecule has 2 aromatic carbocycles. The lowest BCUT2D eigenvalue weighted by molar-refractivity contribution is 0.0947. The van der Waals surface area contributed by atoms with E-state index in [9.17, 15) is 19.5 Å². The number of nitrogens with zero attached hydrogens (tertiary/aromatic N) is 2. The number of piperidine rings is 1. The van der Waals surface area contributed by atoms with Crippen LogP contribution in [0, 0.1) is 19.8 Å². The summed E-state index contributed by atoms with van der Waals surface area (Å²) in [6, 6.07) is 10.9. The van der Waals surface area contributed by atoms with Crippen molar-refractivity contribution in [3.05, 3.63) is 75.2 Å². The zero-order chi connectivity index (χ0) is 31.4. The first-order chi connectivity index (χ1) is 21.1. The first-order valence-corrected chi connectivity index (χ1v) is 15.2. The van der Waals surface area contributed by atoms with Gasteiger partial charge in [0.2, 0.25) is 0 Å². The fraction of sp³-hybridized carbons (Fsp3) is 0.412. The van der Waals surface area contributed by atoms with Crippen LogP contribution in [0.5, 0.6) is 5.75 Å². The number of nitrogens with one attached hydrogen (secondary N) is 3. The van der Waals surface area contributed by atoms with Crippen LogP contribution in [0.25, 0.3) is 22.4 Å². The SMILES string of the molecule is CC(=O)c1cc2nc(-c3c(NCC(O)COc4ccc(C)cc4C)cc[nH]c3=O)[nH]c2cc1C(=O)CCC1CCCN(C)C1. The summed E-state index contributed by atoms with van der Waals surface area (Å²) in [7, 11) is 2.11. The number of benzene rings is 2. The lowest BCUT2D eigenvalue weighted by atomic mass is 9.90. The van der Waals surface area contributed by atoms with Gasteiger partial charge in [0.05, 0.1) is 16.7 Å². The molecule has 10 heteroatoms. The molecule has 0 bridgehead atoms. The Labute approximate surface area is 256 Å². The second-order valence-corrected chi connectivity index (χ2v) is 12.0. The Hall–Kier alpha value is -4.28. The van der Waals surface area contributed by atoms with E-state index in [2.05, 4.69) is 32.2 Å². The van der Waals surface area contributed by atoms with Gasteiger partial charge in [0.1, 0.15) is 29.8 Å². The van der Waals surface area contributed by atoms with Gasteiger partial charge in [-0.15, -0.1) is 0 Å². The summed E-state index contributed by atoms with van der Waals surface area (Å²) >= 11 is 0. The van der Waals surface area contributed by atoms with Crippen LogP contribution in [-0.4, -0.2) is 75.9 Å². The number of rotatable bonds is 12. The number of Topliss-reactive ketones (excluding diaryl/α,β-unsaturated/α-hetero) is 2. The number of hydrogen-bond acceptors (Lipinski definition) is 8. The van der Waals surface area contributed by atoms with Crippen LogP contribution >= 0.6 is 0 Å². The standard InChI is InChI=1S/C34H41N5O5/c1-20-7-10-31(21(2)14-20)44-19-24(41)17-36-27-11-12-35-34(43)32(27)33-37-28-15-25(22(3)40)26(16-29(28)38-33)30(42)9-8-23-6-5-13-39(4)18-23/h7,10-12,14-16,23-24,41H,5-6,8-9,13,17-19H2,1-4H3,(H,37,38)(H2,35,36,43). The topological polar surface area (TPSA) is 140 Å². The van der Waals surface area contributed by atoms with E-state index in [1.165, 1.54) is 13.1 Å². The molecule has 0 saturated carbocycles. The van der Waals surface area contributed by atoms with Gasteiger partial charge in [-0.3, -0.25) is 14.4 Å². The number of pyridine rings is 1. The maximum absolute atomic E-state index is 13.4. The molecule has 2 aromatic heterocycles. The van der Waals surface area contributed by atoms with Gasteiger partial charge in [0, 0.05) is 36.8 Å². The number of carbonyl (C=O) groups is 2. The van der Waals surface area contributed by atoms with Crippen molar-refractivity contribution >= 4 is 28.3 Å². The van der Waals surface area contributed by atoms with E-state index < -0.39 is 6.10 Å². The Bertz CT molecular complexity index is 1730. The molecule has 4 N–H and O–H groups in total. The maximum Gasteiger partial charge on any atom is 0.261 e. The van der Waals surface area contributed by atoms with Gasteiger partial charge in [-0.2, -0.15) is 0 Å². The summed E-state index contributed by atoms with van der Waals surface area (Å²) in [5.41, 5.74) is 4.20. The predicted octanol–water partition coefficient (Wildman–Crippen LogP) is 4.89. The lowest BCUT2D eigenvalue weighted by Gasteiger charge is -2.29. The number of aliphatic hydroxyl groups excluding tert-OH is 1. The summed E-state index contributed by atoms with van der Waals surface area (Å²) in [6.45, 7) is 7.68. The minimum atomic E-state index is -0.848. The molecule has 1 aliphatic heterocycles. The number of imidazole rings is 1. The molecule has 10 nitrogen and oxygen atoms in total. The smallest absolute Gasteiger partial charge is 0.261 e. The number of carbonyl (C=O) groups excluding carboxylic acids is 2. The van der Waals surface area contributed by atoms with Crippen LogP contribution in [-0.2, 0) is 0 Å². The van der Waals surface area contributed by atoms with E-state index in [0.717, 1.165) is 43.5 Å². The van der Waals surface area contributed by atoms with Crippen molar-refractivity contribution in [1.82, 2.24) is 19.9 Å². The number of hydrogen-bond donors (Lipinski definition) is 4. The van der Waals surface area contributed by atoms with Crippen LogP contribution in [0.1, 0.15) is 64.4 Å². The van der Waals surface area contributed by atoms with Crippen molar-refractivity contribution in [2.75, 3.05) is 38.6 Å². The fourth-order valence-corrected chi connectivity index (χ4v) is 5.97. The minimum absolute atomic E-state index is 0.0709. The second kappa shape index (κ2) is 13.6. The number of ketones is 2. The van der Waals surface area contributed by atoms with Gasteiger partial charge in [0.25, 0.3) is 5.56 Å². The summed E-state index contributed by atoms with van der Waals surface area (Å²) in [6.07, 6.45) is 4.06. The highest BCUT2D eigenvalue weighted by atomic mass is 16.5. The number of ether oxygens (including phenoxy) is 1. The highest BCUT2D eigenvalue weighted by molar-refractivity contribution is 6.10. The molecule has 4 aromatic rings. The number of aryl methyl sites for hydroxylation is 2. The Morgan fingerprint density at radius 2 is 2.00 bits per heavy atom. The summed E-state index contributed by atoms with van der Waals surface area (Å²) in [4.78, 5) is 51.7. The number of anilines is 1. The van der Waals surface area contributed by atoms with Gasteiger partial charge in [-0.1, -0.05) is 17.7 Å². The average molecular weight is 600 g/mol. The van der Waals surface area contributed by atoms with Gasteiger partial charge in [0.15, 0.2) is 11.6 Å². The minimum Gasteiger partial charge on any atom is -0.491 e. The third-order valence-electron chi connectivity index (χ3n) is 8.29. The Morgan fingerprint density at radius 1 is 1.18 bits per heavy atom.